The van der Waals surface area contributed by atoms with Crippen molar-refractivity contribution in [1.29, 1.82) is 0 Å². The van der Waals surface area contributed by atoms with Crippen LogP contribution in [0.3, 0.4) is 0 Å². The fraction of sp³-hybridized carbons (Fsp3) is 0.130. The number of nitrogens with one attached hydrogen (secondary N) is 1. The molecule has 0 radical (unpaired) electrons. The van der Waals surface area contributed by atoms with E-state index in [4.69, 9.17) is 14.2 Å². The van der Waals surface area contributed by atoms with E-state index >= 15 is 0 Å². The number of anilines is 1. The fourth-order valence-electron chi connectivity index (χ4n) is 2.57. The van der Waals surface area contributed by atoms with E-state index in [1.54, 1.807) is 55.6 Å². The van der Waals surface area contributed by atoms with Crippen molar-refractivity contribution in [3.63, 3.8) is 0 Å². The molecule has 0 bridgehead atoms. The third-order valence-electron chi connectivity index (χ3n) is 3.96. The Bertz CT molecular complexity index is 955. The Morgan fingerprint density at radius 1 is 0.828 bits per heavy atom. The van der Waals surface area contributed by atoms with Crippen LogP contribution in [-0.4, -0.2) is 25.6 Å². The molecule has 0 spiro atoms. The molecule has 6 heteroatoms. The molecule has 0 heterocycles. The number of hydrogen-bond donors (Lipinski definition) is 1. The second-order valence-electron chi connectivity index (χ2n) is 6.18. The third-order valence-corrected chi connectivity index (χ3v) is 3.96. The lowest BCUT2D eigenvalue weighted by molar-refractivity contribution is -0.146. The molecule has 1 N–H and O–H groups in total. The predicted molar refractivity (Wildman–Crippen MR) is 109 cm³/mol. The molecule has 0 unspecified atom stereocenters. The highest BCUT2D eigenvalue weighted by Gasteiger charge is 2.10. The highest BCUT2D eigenvalue weighted by Crippen LogP contribution is 2.22. The number of carbonyl (C=O) groups excluding carboxylic acids is 2. The first kappa shape index (κ1) is 19.9. The molecule has 1 amide bonds. The largest absolute Gasteiger partial charge is 0.497 e. The minimum atomic E-state index is -0.486. The average Bonchev–Trinajstić information content (AvgIpc) is 2.74. The molecule has 0 fully saturated rings. The van der Waals surface area contributed by atoms with Crippen molar-refractivity contribution in [2.24, 2.45) is 0 Å². The van der Waals surface area contributed by atoms with E-state index in [0.29, 0.717) is 17.2 Å². The number of hydrogen-bond acceptors (Lipinski definition) is 5. The van der Waals surface area contributed by atoms with Crippen molar-refractivity contribution in [2.45, 2.75) is 6.42 Å². The van der Waals surface area contributed by atoms with Crippen molar-refractivity contribution >= 4 is 17.6 Å². The first-order valence-corrected chi connectivity index (χ1v) is 9.04. The van der Waals surface area contributed by atoms with Crippen molar-refractivity contribution in [3.8, 4) is 17.2 Å². The van der Waals surface area contributed by atoms with E-state index in [1.165, 1.54) is 0 Å². The number of carbonyl (C=O) groups is 2. The Labute approximate surface area is 169 Å². The van der Waals surface area contributed by atoms with E-state index in [9.17, 15) is 9.59 Å². The fourth-order valence-corrected chi connectivity index (χ4v) is 2.57. The highest BCUT2D eigenvalue weighted by molar-refractivity contribution is 5.92. The quantitative estimate of drug-likeness (QED) is 0.582. The third kappa shape index (κ3) is 6.39. The van der Waals surface area contributed by atoms with Gasteiger partial charge in [0, 0.05) is 5.69 Å². The topological polar surface area (TPSA) is 73.9 Å². The summed E-state index contributed by atoms with van der Waals surface area (Å²) < 4.78 is 15.9. The summed E-state index contributed by atoms with van der Waals surface area (Å²) in [5.41, 5.74) is 1.34. The lowest BCUT2D eigenvalue weighted by Gasteiger charge is -2.09. The second-order valence-corrected chi connectivity index (χ2v) is 6.18. The van der Waals surface area contributed by atoms with Crippen molar-refractivity contribution in [1.82, 2.24) is 0 Å². The zero-order valence-electron chi connectivity index (χ0n) is 16.0. The first-order chi connectivity index (χ1) is 14.1. The molecular formula is C23H21NO5. The molecule has 0 aliphatic carbocycles. The van der Waals surface area contributed by atoms with Gasteiger partial charge >= 0.3 is 5.97 Å². The number of rotatable bonds is 8. The van der Waals surface area contributed by atoms with Crippen LogP contribution in [0, 0.1) is 0 Å². The molecule has 0 aliphatic rings. The van der Waals surface area contributed by atoms with Gasteiger partial charge in [0.1, 0.15) is 17.2 Å². The summed E-state index contributed by atoms with van der Waals surface area (Å²) in [5.74, 6) is 1.14. The molecule has 0 saturated carbocycles. The van der Waals surface area contributed by atoms with Gasteiger partial charge in [0.15, 0.2) is 6.61 Å². The summed E-state index contributed by atoms with van der Waals surface area (Å²) in [6.45, 7) is -0.356. The van der Waals surface area contributed by atoms with Gasteiger partial charge in [0.2, 0.25) is 0 Å². The van der Waals surface area contributed by atoms with E-state index in [2.05, 4.69) is 5.32 Å². The molecule has 6 nitrogen and oxygen atoms in total. The van der Waals surface area contributed by atoms with Gasteiger partial charge < -0.3 is 19.5 Å². The summed E-state index contributed by atoms with van der Waals surface area (Å²) >= 11 is 0. The maximum atomic E-state index is 12.0. The van der Waals surface area contributed by atoms with Crippen LogP contribution in [0.2, 0.25) is 0 Å². The number of para-hydroxylation sites is 1. The Balaban J connectivity index is 1.44. The minimum Gasteiger partial charge on any atom is -0.497 e. The molecule has 0 atom stereocenters. The van der Waals surface area contributed by atoms with Crippen LogP contribution in [0.5, 0.6) is 17.2 Å². The predicted octanol–water partition coefficient (Wildman–Crippen LogP) is 4.21. The van der Waals surface area contributed by atoms with Gasteiger partial charge in [-0.1, -0.05) is 30.3 Å². The van der Waals surface area contributed by atoms with Crippen LogP contribution in [0.25, 0.3) is 0 Å². The lowest BCUT2D eigenvalue weighted by atomic mass is 10.1. The van der Waals surface area contributed by atoms with Crippen molar-refractivity contribution in [2.75, 3.05) is 19.0 Å². The summed E-state index contributed by atoms with van der Waals surface area (Å²) in [5, 5.41) is 2.68. The normalized spacial score (nSPS) is 10.1. The van der Waals surface area contributed by atoms with Gasteiger partial charge in [0.05, 0.1) is 13.5 Å². The minimum absolute atomic E-state index is 0.0655. The van der Waals surface area contributed by atoms with E-state index in [1.807, 2.05) is 30.3 Å². The summed E-state index contributed by atoms with van der Waals surface area (Å²) in [4.78, 5) is 23.9. The number of methoxy groups -OCH3 is 1. The molecular weight excluding hydrogens is 370 g/mol. The van der Waals surface area contributed by atoms with Crippen LogP contribution in [0.1, 0.15) is 5.56 Å². The maximum absolute atomic E-state index is 12.0. The van der Waals surface area contributed by atoms with E-state index < -0.39 is 11.9 Å². The first-order valence-electron chi connectivity index (χ1n) is 9.04. The molecule has 3 rings (SSSR count). The van der Waals surface area contributed by atoms with Gasteiger partial charge in [-0.15, -0.1) is 0 Å². The Morgan fingerprint density at radius 3 is 2.24 bits per heavy atom. The number of ether oxygens (including phenoxy) is 3. The molecule has 0 saturated heterocycles. The van der Waals surface area contributed by atoms with Crippen molar-refractivity contribution in [3.05, 3.63) is 84.4 Å². The molecule has 3 aromatic rings. The molecule has 3 aromatic carbocycles. The Kier molecular flexibility index (Phi) is 6.84. The zero-order chi connectivity index (χ0) is 20.5. The molecule has 148 valence electrons. The molecule has 29 heavy (non-hydrogen) atoms. The average molecular weight is 391 g/mol. The Hall–Kier alpha value is -3.80. The molecule has 0 aliphatic heterocycles. The zero-order valence-corrected chi connectivity index (χ0v) is 16.0. The van der Waals surface area contributed by atoms with Crippen LogP contribution in [-0.2, 0) is 20.7 Å². The van der Waals surface area contributed by atoms with E-state index in [-0.39, 0.29) is 13.0 Å². The van der Waals surface area contributed by atoms with E-state index in [0.717, 1.165) is 11.3 Å². The van der Waals surface area contributed by atoms with Gasteiger partial charge in [-0.25, -0.2) is 0 Å². The second kappa shape index (κ2) is 9.94. The standard InChI is InChI=1S/C23H21NO5/c1-27-21-9-5-6-17(14-21)15-23(26)28-16-22(25)24-18-10-12-20(13-11-18)29-19-7-3-2-4-8-19/h2-14H,15-16H2,1H3,(H,24,25). The van der Waals surface area contributed by atoms with Crippen LogP contribution >= 0.6 is 0 Å². The lowest BCUT2D eigenvalue weighted by Crippen LogP contribution is -2.21. The monoisotopic (exact) mass is 391 g/mol. The highest BCUT2D eigenvalue weighted by atomic mass is 16.5. The van der Waals surface area contributed by atoms with Gasteiger partial charge in [-0.3, -0.25) is 9.59 Å². The van der Waals surface area contributed by atoms with Crippen LogP contribution < -0.4 is 14.8 Å². The number of amides is 1. The van der Waals surface area contributed by atoms with Gasteiger partial charge in [0.25, 0.3) is 5.91 Å². The van der Waals surface area contributed by atoms with Gasteiger partial charge in [-0.05, 0) is 54.1 Å². The summed E-state index contributed by atoms with van der Waals surface area (Å²) in [6, 6.07) is 23.5. The molecule has 0 aromatic heterocycles. The van der Waals surface area contributed by atoms with Crippen molar-refractivity contribution < 1.29 is 23.8 Å². The van der Waals surface area contributed by atoms with Gasteiger partial charge in [-0.2, -0.15) is 0 Å². The number of esters is 1. The Morgan fingerprint density at radius 2 is 1.52 bits per heavy atom. The smallest absolute Gasteiger partial charge is 0.310 e. The number of benzene rings is 3. The maximum Gasteiger partial charge on any atom is 0.310 e. The van der Waals surface area contributed by atoms with Crippen LogP contribution in [0.15, 0.2) is 78.9 Å². The summed E-state index contributed by atoms with van der Waals surface area (Å²) in [7, 11) is 1.56. The SMILES string of the molecule is COc1cccc(CC(=O)OCC(=O)Nc2ccc(Oc3ccccc3)cc2)c1. The van der Waals surface area contributed by atoms with Crippen LogP contribution in [0.4, 0.5) is 5.69 Å². The summed E-state index contributed by atoms with van der Waals surface area (Å²) in [6.07, 6.45) is 0.0655.